The predicted octanol–water partition coefficient (Wildman–Crippen LogP) is 3.31. The van der Waals surface area contributed by atoms with E-state index in [0.29, 0.717) is 25.2 Å². The molecule has 0 saturated heterocycles. The lowest BCUT2D eigenvalue weighted by Gasteiger charge is -2.02. The average molecular weight is 287 g/mol. The van der Waals surface area contributed by atoms with E-state index in [1.54, 1.807) is 18.3 Å². The molecule has 0 spiro atoms. The maximum Gasteiger partial charge on any atom is 0.356 e. The van der Waals surface area contributed by atoms with E-state index < -0.39 is 5.97 Å². The van der Waals surface area contributed by atoms with Gasteiger partial charge >= 0.3 is 5.97 Å². The molecule has 0 unspecified atom stereocenters. The number of nitrogens with one attached hydrogen (secondary N) is 1. The number of esters is 1. The van der Waals surface area contributed by atoms with Crippen LogP contribution in [0.4, 0.5) is 0 Å². The van der Waals surface area contributed by atoms with E-state index in [1.807, 2.05) is 0 Å². The lowest BCUT2D eigenvalue weighted by molar-refractivity contribution is 0.0596. The number of halogens is 1. The number of hydrogen-bond acceptors (Lipinski definition) is 5. The summed E-state index contributed by atoms with van der Waals surface area (Å²) in [6, 6.07) is 3.52. The number of thiazole rings is 1. The van der Waals surface area contributed by atoms with E-state index in [-0.39, 0.29) is 0 Å². The van der Waals surface area contributed by atoms with Gasteiger partial charge < -0.3 is 9.72 Å². The molecule has 4 nitrogen and oxygen atoms in total. The molecule has 0 aliphatic heterocycles. The van der Waals surface area contributed by atoms with Crippen LogP contribution in [0.5, 0.6) is 0 Å². The van der Waals surface area contributed by atoms with Crippen LogP contribution in [0.15, 0.2) is 18.3 Å². The van der Waals surface area contributed by atoms with Gasteiger partial charge in [0.2, 0.25) is 0 Å². The van der Waals surface area contributed by atoms with Crippen molar-refractivity contribution in [2.24, 2.45) is 0 Å². The van der Waals surface area contributed by atoms with Crippen molar-refractivity contribution in [3.05, 3.63) is 33.1 Å². The van der Waals surface area contributed by atoms with Crippen LogP contribution < -0.4 is 0 Å². The monoisotopic (exact) mass is 286 g/mol. The highest BCUT2D eigenvalue weighted by atomic mass is 35.5. The zero-order valence-corrected chi connectivity index (χ0v) is 11.1. The van der Waals surface area contributed by atoms with E-state index in [1.165, 1.54) is 18.4 Å². The summed E-state index contributed by atoms with van der Waals surface area (Å²) in [4.78, 5) is 19.0. The Labute approximate surface area is 111 Å². The standard InChI is InChI=1S/C10H7ClN2O2S2/c1-15-9(14)6-7(17-10(16)13-6)5-3-2-4-12-8(5)11/h2-4H,1H3,(H,13,16). The van der Waals surface area contributed by atoms with Crippen molar-refractivity contribution < 1.29 is 9.53 Å². The Hall–Kier alpha value is -1.24. The fraction of sp³-hybridized carbons (Fsp3) is 0.100. The molecule has 0 bridgehead atoms. The molecule has 88 valence electrons. The number of ether oxygens (including phenoxy) is 1. The van der Waals surface area contributed by atoms with Gasteiger partial charge in [0, 0.05) is 11.8 Å². The summed E-state index contributed by atoms with van der Waals surface area (Å²) in [5.74, 6) is -0.479. The van der Waals surface area contributed by atoms with Crippen molar-refractivity contribution in [3.63, 3.8) is 0 Å². The molecule has 2 aromatic heterocycles. The number of nitrogens with zero attached hydrogens (tertiary/aromatic N) is 1. The summed E-state index contributed by atoms with van der Waals surface area (Å²) in [7, 11) is 1.31. The Balaban J connectivity index is 2.64. The number of aromatic amines is 1. The largest absolute Gasteiger partial charge is 0.464 e. The predicted molar refractivity (Wildman–Crippen MR) is 69.1 cm³/mol. The molecule has 0 aliphatic rings. The van der Waals surface area contributed by atoms with Gasteiger partial charge in [-0.25, -0.2) is 9.78 Å². The molecule has 0 atom stereocenters. The van der Waals surface area contributed by atoms with Crippen LogP contribution in [0.1, 0.15) is 10.5 Å². The number of methoxy groups -OCH3 is 1. The second kappa shape index (κ2) is 4.95. The van der Waals surface area contributed by atoms with Crippen LogP contribution in [0.2, 0.25) is 5.15 Å². The normalized spacial score (nSPS) is 10.2. The fourth-order valence-corrected chi connectivity index (χ4v) is 2.79. The van der Waals surface area contributed by atoms with Crippen LogP contribution >= 0.6 is 35.2 Å². The zero-order chi connectivity index (χ0) is 12.4. The molecule has 0 aromatic carbocycles. The Morgan fingerprint density at radius 2 is 2.41 bits per heavy atom. The number of H-pyrrole nitrogens is 1. The quantitative estimate of drug-likeness (QED) is 0.523. The van der Waals surface area contributed by atoms with Crippen molar-refractivity contribution in [1.82, 2.24) is 9.97 Å². The first-order valence-corrected chi connectivity index (χ1v) is 6.16. The van der Waals surface area contributed by atoms with Crippen molar-refractivity contribution in [1.29, 1.82) is 0 Å². The molecule has 0 saturated carbocycles. The van der Waals surface area contributed by atoms with Crippen LogP contribution in [0, 0.1) is 3.95 Å². The number of hydrogen-bond donors (Lipinski definition) is 1. The smallest absolute Gasteiger partial charge is 0.356 e. The van der Waals surface area contributed by atoms with E-state index >= 15 is 0 Å². The van der Waals surface area contributed by atoms with Gasteiger partial charge in [0.1, 0.15) is 10.8 Å². The first-order valence-electron chi connectivity index (χ1n) is 4.55. The fourth-order valence-electron chi connectivity index (χ4n) is 1.32. The minimum Gasteiger partial charge on any atom is -0.464 e. The maximum absolute atomic E-state index is 11.6. The summed E-state index contributed by atoms with van der Waals surface area (Å²) in [6.45, 7) is 0. The highest BCUT2D eigenvalue weighted by Crippen LogP contribution is 2.33. The molecule has 0 fully saturated rings. The molecule has 1 N–H and O–H groups in total. The molecule has 7 heteroatoms. The van der Waals surface area contributed by atoms with Gasteiger partial charge in [-0.15, -0.1) is 11.3 Å². The number of rotatable bonds is 2. The van der Waals surface area contributed by atoms with Crippen LogP contribution in [-0.4, -0.2) is 23.0 Å². The summed E-state index contributed by atoms with van der Waals surface area (Å²) in [6.07, 6.45) is 1.58. The average Bonchev–Trinajstić information content (AvgIpc) is 2.71. The van der Waals surface area contributed by atoms with E-state index in [2.05, 4.69) is 14.7 Å². The molecule has 0 aliphatic carbocycles. The minimum absolute atomic E-state index is 0.303. The van der Waals surface area contributed by atoms with Crippen molar-refractivity contribution in [2.45, 2.75) is 0 Å². The third-order valence-electron chi connectivity index (χ3n) is 2.04. The second-order valence-electron chi connectivity index (χ2n) is 3.05. The molecule has 2 aromatic rings. The summed E-state index contributed by atoms with van der Waals surface area (Å²) in [5.41, 5.74) is 0.962. The van der Waals surface area contributed by atoms with Crippen LogP contribution in [0.25, 0.3) is 10.4 Å². The second-order valence-corrected chi connectivity index (χ2v) is 5.10. The lowest BCUT2D eigenvalue weighted by Crippen LogP contribution is -2.03. The Bertz CT molecular complexity index is 621. The van der Waals surface area contributed by atoms with E-state index in [0.717, 1.165) is 0 Å². The molecule has 2 heterocycles. The third kappa shape index (κ3) is 2.38. The van der Waals surface area contributed by atoms with E-state index in [9.17, 15) is 4.79 Å². The minimum atomic E-state index is -0.479. The topological polar surface area (TPSA) is 55.0 Å². The van der Waals surface area contributed by atoms with Crippen LogP contribution in [0.3, 0.4) is 0 Å². The van der Waals surface area contributed by atoms with Gasteiger partial charge in [-0.2, -0.15) is 0 Å². The summed E-state index contributed by atoms with van der Waals surface area (Å²) < 4.78 is 5.16. The van der Waals surface area contributed by atoms with Crippen LogP contribution in [-0.2, 0) is 4.74 Å². The van der Waals surface area contributed by atoms with Gasteiger partial charge in [-0.3, -0.25) is 0 Å². The van der Waals surface area contributed by atoms with Crippen molar-refractivity contribution in [2.75, 3.05) is 7.11 Å². The number of aromatic nitrogens is 2. The zero-order valence-electron chi connectivity index (χ0n) is 8.69. The highest BCUT2D eigenvalue weighted by molar-refractivity contribution is 7.73. The van der Waals surface area contributed by atoms with Gasteiger partial charge in [0.05, 0.1) is 12.0 Å². The van der Waals surface area contributed by atoms with Gasteiger partial charge in [0.25, 0.3) is 0 Å². The number of carbonyl (C=O) groups excluding carboxylic acids is 1. The van der Waals surface area contributed by atoms with Gasteiger partial charge in [0.15, 0.2) is 3.95 Å². The van der Waals surface area contributed by atoms with Gasteiger partial charge in [-0.1, -0.05) is 11.6 Å². The first-order chi connectivity index (χ1) is 8.13. The maximum atomic E-state index is 11.6. The summed E-state index contributed by atoms with van der Waals surface area (Å²) in [5, 5.41) is 0.322. The highest BCUT2D eigenvalue weighted by Gasteiger charge is 2.18. The van der Waals surface area contributed by atoms with Crippen molar-refractivity contribution >= 4 is 41.1 Å². The third-order valence-corrected chi connectivity index (χ3v) is 3.61. The number of carbonyl (C=O) groups is 1. The molecule has 2 rings (SSSR count). The Morgan fingerprint density at radius 3 is 3.06 bits per heavy atom. The Kier molecular flexibility index (Phi) is 3.56. The lowest BCUT2D eigenvalue weighted by atomic mass is 10.2. The van der Waals surface area contributed by atoms with Crippen molar-refractivity contribution in [3.8, 4) is 10.4 Å². The van der Waals surface area contributed by atoms with Gasteiger partial charge in [-0.05, 0) is 24.4 Å². The molecule has 0 radical (unpaired) electrons. The first kappa shape index (κ1) is 12.2. The number of pyridine rings is 1. The molecule has 17 heavy (non-hydrogen) atoms. The molecular formula is C10H7ClN2O2S2. The molecular weight excluding hydrogens is 280 g/mol. The summed E-state index contributed by atoms with van der Waals surface area (Å²) >= 11 is 12.3. The molecule has 0 amide bonds. The Morgan fingerprint density at radius 1 is 1.65 bits per heavy atom. The SMILES string of the molecule is COC(=O)c1[nH]c(=S)sc1-c1cccnc1Cl. The van der Waals surface area contributed by atoms with E-state index in [4.69, 9.17) is 23.8 Å².